The Kier molecular flexibility index (Phi) is 5.71. The molecule has 1 saturated carbocycles. The fourth-order valence-electron chi connectivity index (χ4n) is 4.74. The molecule has 1 amide bonds. The highest BCUT2D eigenvalue weighted by molar-refractivity contribution is 7.93. The number of hydrogen-bond acceptors (Lipinski definition) is 5. The van der Waals surface area contributed by atoms with E-state index in [9.17, 15) is 13.2 Å². The number of hydrogen-bond donors (Lipinski definition) is 0. The van der Waals surface area contributed by atoms with Crippen molar-refractivity contribution in [2.24, 2.45) is 5.92 Å². The number of benzene rings is 1. The lowest BCUT2D eigenvalue weighted by Gasteiger charge is -2.39. The molecule has 154 valence electrons. The minimum atomic E-state index is -3.81. The Labute approximate surface area is 171 Å². The van der Waals surface area contributed by atoms with Crippen LogP contribution in [0.2, 0.25) is 5.02 Å². The van der Waals surface area contributed by atoms with E-state index in [4.69, 9.17) is 21.1 Å². The van der Waals surface area contributed by atoms with Gasteiger partial charge in [-0.05, 0) is 49.9 Å². The molecule has 0 bridgehead atoms. The Hall–Kier alpha value is -1.15. The molecule has 0 spiro atoms. The molecule has 2 heterocycles. The molecule has 3 fully saturated rings. The van der Waals surface area contributed by atoms with Crippen molar-refractivity contribution in [3.05, 3.63) is 29.3 Å². The van der Waals surface area contributed by atoms with Gasteiger partial charge in [0, 0.05) is 24.0 Å². The van der Waals surface area contributed by atoms with Crippen LogP contribution in [0, 0.1) is 5.92 Å². The number of amides is 1. The molecular formula is C20H26ClNO5S. The minimum absolute atomic E-state index is 0.0943. The molecule has 8 heteroatoms. The molecule has 1 aromatic rings. The van der Waals surface area contributed by atoms with Crippen molar-refractivity contribution in [2.45, 2.75) is 54.5 Å². The SMILES string of the molecule is O=C(N1CCCC(C2OCCO2)C1)C1(S(=O)(=O)c2ccc(Cl)cc2)CCCC1. The Bertz CT molecular complexity index is 814. The van der Waals surface area contributed by atoms with E-state index < -0.39 is 14.6 Å². The van der Waals surface area contributed by atoms with E-state index >= 15 is 0 Å². The van der Waals surface area contributed by atoms with Crippen molar-refractivity contribution in [3.63, 3.8) is 0 Å². The van der Waals surface area contributed by atoms with E-state index in [0.717, 1.165) is 25.7 Å². The molecule has 6 nitrogen and oxygen atoms in total. The summed E-state index contributed by atoms with van der Waals surface area (Å²) in [6.07, 6.45) is 3.68. The van der Waals surface area contributed by atoms with E-state index in [1.165, 1.54) is 12.1 Å². The van der Waals surface area contributed by atoms with Gasteiger partial charge in [-0.2, -0.15) is 0 Å². The third-order valence-corrected chi connectivity index (χ3v) is 8.97. The molecule has 1 aliphatic carbocycles. The lowest BCUT2D eigenvalue weighted by Crippen LogP contribution is -2.55. The van der Waals surface area contributed by atoms with Gasteiger partial charge in [-0.3, -0.25) is 4.79 Å². The van der Waals surface area contributed by atoms with Crippen LogP contribution in [0.4, 0.5) is 0 Å². The molecule has 2 aliphatic heterocycles. The normalized spacial score (nSPS) is 25.9. The van der Waals surface area contributed by atoms with Crippen LogP contribution in [0.1, 0.15) is 38.5 Å². The second-order valence-electron chi connectivity index (χ2n) is 7.92. The first kappa shape index (κ1) is 20.1. The first-order valence-corrected chi connectivity index (χ1v) is 11.8. The van der Waals surface area contributed by atoms with Gasteiger partial charge in [0.25, 0.3) is 0 Å². The summed E-state index contributed by atoms with van der Waals surface area (Å²) < 4.78 is 37.0. The first-order valence-electron chi connectivity index (χ1n) is 9.97. The van der Waals surface area contributed by atoms with E-state index in [0.29, 0.717) is 44.2 Å². The summed E-state index contributed by atoms with van der Waals surface area (Å²) in [6.45, 7) is 2.22. The molecule has 1 atom stereocenters. The highest BCUT2D eigenvalue weighted by Crippen LogP contribution is 2.43. The number of rotatable bonds is 4. The molecule has 0 N–H and O–H groups in total. The standard InChI is InChI=1S/C20H26ClNO5S/c21-16-5-7-17(8-6-16)28(24,25)20(9-1-2-10-20)19(23)22-11-3-4-15(14-22)18-26-12-13-27-18/h5-8,15,18H,1-4,9-14H2. The number of piperidine rings is 1. The van der Waals surface area contributed by atoms with Gasteiger partial charge in [0.15, 0.2) is 20.9 Å². The van der Waals surface area contributed by atoms with E-state index in [1.807, 2.05) is 0 Å². The zero-order valence-corrected chi connectivity index (χ0v) is 17.4. The van der Waals surface area contributed by atoms with Gasteiger partial charge in [-0.15, -0.1) is 0 Å². The number of likely N-dealkylation sites (tertiary alicyclic amines) is 1. The maximum absolute atomic E-state index is 13.6. The maximum atomic E-state index is 13.6. The van der Waals surface area contributed by atoms with Crippen molar-refractivity contribution in [1.82, 2.24) is 4.90 Å². The van der Waals surface area contributed by atoms with Crippen LogP contribution in [0.3, 0.4) is 0 Å². The largest absolute Gasteiger partial charge is 0.350 e. The van der Waals surface area contributed by atoms with Crippen LogP contribution in [-0.4, -0.2) is 56.6 Å². The summed E-state index contributed by atoms with van der Waals surface area (Å²) in [5, 5.41) is 0.473. The predicted octanol–water partition coefficient (Wildman–Crippen LogP) is 3.04. The van der Waals surface area contributed by atoms with Gasteiger partial charge in [0.2, 0.25) is 5.91 Å². The second kappa shape index (κ2) is 7.94. The lowest BCUT2D eigenvalue weighted by molar-refractivity contribution is -0.141. The average Bonchev–Trinajstić information content (AvgIpc) is 3.41. The summed E-state index contributed by atoms with van der Waals surface area (Å²) in [7, 11) is -3.81. The van der Waals surface area contributed by atoms with Crippen LogP contribution in [0.15, 0.2) is 29.2 Å². The van der Waals surface area contributed by atoms with Gasteiger partial charge < -0.3 is 14.4 Å². The zero-order chi connectivity index (χ0) is 19.8. The maximum Gasteiger partial charge on any atom is 0.244 e. The molecule has 4 rings (SSSR count). The van der Waals surface area contributed by atoms with E-state index in [2.05, 4.69) is 0 Å². The average molecular weight is 428 g/mol. The topological polar surface area (TPSA) is 72.9 Å². The van der Waals surface area contributed by atoms with Crippen LogP contribution in [-0.2, 0) is 24.1 Å². The van der Waals surface area contributed by atoms with Crippen molar-refractivity contribution in [2.75, 3.05) is 26.3 Å². The van der Waals surface area contributed by atoms with Gasteiger partial charge >= 0.3 is 0 Å². The zero-order valence-electron chi connectivity index (χ0n) is 15.8. The van der Waals surface area contributed by atoms with Crippen LogP contribution >= 0.6 is 11.6 Å². The Morgan fingerprint density at radius 2 is 1.71 bits per heavy atom. The molecule has 0 radical (unpaired) electrons. The van der Waals surface area contributed by atoms with Crippen molar-refractivity contribution >= 4 is 27.3 Å². The number of carbonyl (C=O) groups is 1. The number of sulfone groups is 1. The van der Waals surface area contributed by atoms with Crippen molar-refractivity contribution in [3.8, 4) is 0 Å². The number of halogens is 1. The fourth-order valence-corrected chi connectivity index (χ4v) is 6.99. The Morgan fingerprint density at radius 1 is 1.07 bits per heavy atom. The molecule has 1 unspecified atom stereocenters. The summed E-state index contributed by atoms with van der Waals surface area (Å²) >= 11 is 5.92. The smallest absolute Gasteiger partial charge is 0.244 e. The summed E-state index contributed by atoms with van der Waals surface area (Å²) in [4.78, 5) is 15.5. The Balaban J connectivity index is 1.61. The number of ether oxygens (including phenoxy) is 2. The lowest BCUT2D eigenvalue weighted by atomic mass is 9.95. The summed E-state index contributed by atoms with van der Waals surface area (Å²) in [6, 6.07) is 6.13. The van der Waals surface area contributed by atoms with Crippen molar-refractivity contribution < 1.29 is 22.7 Å². The quantitative estimate of drug-likeness (QED) is 0.738. The molecule has 2 saturated heterocycles. The highest BCUT2D eigenvalue weighted by atomic mass is 35.5. The van der Waals surface area contributed by atoms with E-state index in [-0.39, 0.29) is 23.0 Å². The highest BCUT2D eigenvalue weighted by Gasteiger charge is 2.55. The monoisotopic (exact) mass is 427 g/mol. The molecular weight excluding hydrogens is 402 g/mol. The molecule has 28 heavy (non-hydrogen) atoms. The van der Waals surface area contributed by atoms with Gasteiger partial charge in [-0.25, -0.2) is 8.42 Å². The van der Waals surface area contributed by atoms with Gasteiger partial charge in [-0.1, -0.05) is 24.4 Å². The van der Waals surface area contributed by atoms with Gasteiger partial charge in [0.1, 0.15) is 0 Å². The predicted molar refractivity (Wildman–Crippen MR) is 105 cm³/mol. The minimum Gasteiger partial charge on any atom is -0.350 e. The van der Waals surface area contributed by atoms with E-state index in [1.54, 1.807) is 17.0 Å². The molecule has 0 aromatic heterocycles. The van der Waals surface area contributed by atoms with Crippen LogP contribution < -0.4 is 0 Å². The van der Waals surface area contributed by atoms with Gasteiger partial charge in [0.05, 0.1) is 18.1 Å². The Morgan fingerprint density at radius 3 is 2.36 bits per heavy atom. The fraction of sp³-hybridized carbons (Fsp3) is 0.650. The first-order chi connectivity index (χ1) is 13.4. The summed E-state index contributed by atoms with van der Waals surface area (Å²) in [5.74, 6) is -0.167. The summed E-state index contributed by atoms with van der Waals surface area (Å²) in [5.41, 5.74) is 0. The molecule has 3 aliphatic rings. The van der Waals surface area contributed by atoms with Crippen LogP contribution in [0.25, 0.3) is 0 Å². The van der Waals surface area contributed by atoms with Crippen LogP contribution in [0.5, 0.6) is 0 Å². The second-order valence-corrected chi connectivity index (χ2v) is 10.6. The third kappa shape index (κ3) is 3.47. The number of nitrogens with zero attached hydrogens (tertiary/aromatic N) is 1. The van der Waals surface area contributed by atoms with Crippen molar-refractivity contribution in [1.29, 1.82) is 0 Å². The third-order valence-electron chi connectivity index (χ3n) is 6.22. The molecule has 1 aromatic carbocycles. The number of carbonyl (C=O) groups excluding carboxylic acids is 1.